The maximum Gasteiger partial charge on any atom is 0.237 e. The Morgan fingerprint density at radius 1 is 1.30 bits per heavy atom. The summed E-state index contributed by atoms with van der Waals surface area (Å²) < 4.78 is 0. The zero-order valence-corrected chi connectivity index (χ0v) is 11.5. The average molecular weight is 275 g/mol. The van der Waals surface area contributed by atoms with E-state index in [0.29, 0.717) is 13.1 Å². The molecule has 5 nitrogen and oxygen atoms in total. The Morgan fingerprint density at radius 3 is 2.65 bits per heavy atom. The van der Waals surface area contributed by atoms with Crippen molar-refractivity contribution in [1.29, 1.82) is 0 Å². The molecule has 5 heteroatoms. The predicted octanol–water partition coefficient (Wildman–Crippen LogP) is 0.500. The summed E-state index contributed by atoms with van der Waals surface area (Å²) >= 11 is 0. The average Bonchev–Trinajstić information content (AvgIpc) is 2.47. The number of primary amides is 1. The zero-order valence-electron chi connectivity index (χ0n) is 11.5. The van der Waals surface area contributed by atoms with Crippen molar-refractivity contribution in [1.82, 2.24) is 10.2 Å². The lowest BCUT2D eigenvalue weighted by molar-refractivity contribution is -0.139. The zero-order chi connectivity index (χ0) is 14.4. The van der Waals surface area contributed by atoms with Crippen LogP contribution >= 0.6 is 0 Å². The van der Waals surface area contributed by atoms with Crippen molar-refractivity contribution in [3.8, 4) is 0 Å². The highest BCUT2D eigenvalue weighted by molar-refractivity contribution is 5.85. The Kier molecular flexibility index (Phi) is 5.12. The predicted molar refractivity (Wildman–Crippen MR) is 76.6 cm³/mol. The lowest BCUT2D eigenvalue weighted by Crippen LogP contribution is -2.45. The van der Waals surface area contributed by atoms with E-state index < -0.39 is 5.91 Å². The fraction of sp³-hybridized carbons (Fsp3) is 0.467. The van der Waals surface area contributed by atoms with Gasteiger partial charge >= 0.3 is 0 Å². The molecule has 1 atom stereocenters. The number of hydrogen-bond acceptors (Lipinski definition) is 3. The van der Waals surface area contributed by atoms with Crippen molar-refractivity contribution in [2.45, 2.75) is 19.4 Å². The number of nitrogens with one attached hydrogen (secondary N) is 1. The van der Waals surface area contributed by atoms with Gasteiger partial charge in [0.15, 0.2) is 0 Å². The normalized spacial score (nSPS) is 18.5. The van der Waals surface area contributed by atoms with E-state index in [0.717, 1.165) is 24.9 Å². The van der Waals surface area contributed by atoms with E-state index in [1.165, 1.54) is 0 Å². The molecule has 0 saturated carbocycles. The molecule has 1 aliphatic heterocycles. The summed E-state index contributed by atoms with van der Waals surface area (Å²) in [7, 11) is 0. The number of carbonyl (C=O) groups excluding carboxylic acids is 2. The second-order valence-corrected chi connectivity index (χ2v) is 5.19. The molecule has 1 fully saturated rings. The highest BCUT2D eigenvalue weighted by Gasteiger charge is 2.26. The van der Waals surface area contributed by atoms with E-state index in [-0.39, 0.29) is 18.4 Å². The van der Waals surface area contributed by atoms with Crippen LogP contribution in [0.2, 0.25) is 0 Å². The Bertz CT molecular complexity index is 455. The molecule has 1 heterocycles. The monoisotopic (exact) mass is 275 g/mol. The largest absolute Gasteiger partial charge is 0.368 e. The third-order valence-electron chi connectivity index (χ3n) is 3.52. The first-order valence-electron chi connectivity index (χ1n) is 6.98. The van der Waals surface area contributed by atoms with Crippen molar-refractivity contribution < 1.29 is 9.59 Å². The SMILES string of the molecule is NC(=O)CN(Cc1ccccc1)C(=O)C1CCCNC1. The fourth-order valence-electron chi connectivity index (χ4n) is 2.52. The van der Waals surface area contributed by atoms with E-state index in [2.05, 4.69) is 5.32 Å². The summed E-state index contributed by atoms with van der Waals surface area (Å²) in [6.45, 7) is 2.05. The number of amides is 2. The van der Waals surface area contributed by atoms with Gasteiger partial charge in [0.25, 0.3) is 0 Å². The molecule has 0 radical (unpaired) electrons. The number of benzene rings is 1. The van der Waals surface area contributed by atoms with Gasteiger partial charge in [0, 0.05) is 13.1 Å². The van der Waals surface area contributed by atoms with Gasteiger partial charge in [0.1, 0.15) is 0 Å². The van der Waals surface area contributed by atoms with Gasteiger partial charge in [-0.1, -0.05) is 30.3 Å². The third-order valence-corrected chi connectivity index (χ3v) is 3.52. The van der Waals surface area contributed by atoms with Gasteiger partial charge in [0.2, 0.25) is 11.8 Å². The van der Waals surface area contributed by atoms with Crippen LogP contribution in [0.4, 0.5) is 0 Å². The molecule has 0 aliphatic carbocycles. The van der Waals surface area contributed by atoms with Crippen LogP contribution in [-0.4, -0.2) is 36.3 Å². The summed E-state index contributed by atoms with van der Waals surface area (Å²) in [5.74, 6) is -0.510. The van der Waals surface area contributed by atoms with Gasteiger partial charge in [-0.15, -0.1) is 0 Å². The molecule has 0 spiro atoms. The number of nitrogens with zero attached hydrogens (tertiary/aromatic N) is 1. The molecule has 3 N–H and O–H groups in total. The van der Waals surface area contributed by atoms with Crippen LogP contribution in [0.25, 0.3) is 0 Å². The summed E-state index contributed by atoms with van der Waals surface area (Å²) in [4.78, 5) is 25.3. The summed E-state index contributed by atoms with van der Waals surface area (Å²) in [5.41, 5.74) is 6.27. The molecular weight excluding hydrogens is 254 g/mol. The molecule has 0 aromatic heterocycles. The molecule has 2 rings (SSSR count). The molecule has 1 saturated heterocycles. The van der Waals surface area contributed by atoms with E-state index in [1.807, 2.05) is 30.3 Å². The fourth-order valence-corrected chi connectivity index (χ4v) is 2.52. The van der Waals surface area contributed by atoms with Crippen LogP contribution in [0.3, 0.4) is 0 Å². The number of carbonyl (C=O) groups is 2. The first kappa shape index (κ1) is 14.5. The van der Waals surface area contributed by atoms with Gasteiger partial charge in [-0.25, -0.2) is 0 Å². The summed E-state index contributed by atoms with van der Waals surface area (Å²) in [6.07, 6.45) is 1.86. The van der Waals surface area contributed by atoms with Crippen molar-refractivity contribution in [3.05, 3.63) is 35.9 Å². The molecule has 108 valence electrons. The number of hydrogen-bond donors (Lipinski definition) is 2. The van der Waals surface area contributed by atoms with E-state index >= 15 is 0 Å². The van der Waals surface area contributed by atoms with E-state index in [4.69, 9.17) is 5.73 Å². The first-order chi connectivity index (χ1) is 9.66. The molecule has 20 heavy (non-hydrogen) atoms. The second-order valence-electron chi connectivity index (χ2n) is 5.19. The molecular formula is C15H21N3O2. The standard InChI is InChI=1S/C15H21N3O2/c16-14(19)11-18(10-12-5-2-1-3-6-12)15(20)13-7-4-8-17-9-13/h1-3,5-6,13,17H,4,7-11H2,(H2,16,19). The van der Waals surface area contributed by atoms with Crippen LogP contribution in [0.15, 0.2) is 30.3 Å². The van der Waals surface area contributed by atoms with Crippen LogP contribution in [0.1, 0.15) is 18.4 Å². The Labute approximate surface area is 119 Å². The van der Waals surface area contributed by atoms with Crippen LogP contribution in [-0.2, 0) is 16.1 Å². The van der Waals surface area contributed by atoms with Crippen molar-refractivity contribution >= 4 is 11.8 Å². The van der Waals surface area contributed by atoms with E-state index in [1.54, 1.807) is 4.90 Å². The first-order valence-corrected chi connectivity index (χ1v) is 6.98. The van der Waals surface area contributed by atoms with Gasteiger partial charge in [-0.05, 0) is 24.9 Å². The highest BCUT2D eigenvalue weighted by atomic mass is 16.2. The minimum absolute atomic E-state index is 0.0138. The van der Waals surface area contributed by atoms with Crippen molar-refractivity contribution in [3.63, 3.8) is 0 Å². The Morgan fingerprint density at radius 2 is 2.05 bits per heavy atom. The minimum atomic E-state index is -0.474. The van der Waals surface area contributed by atoms with Crippen LogP contribution < -0.4 is 11.1 Å². The minimum Gasteiger partial charge on any atom is -0.368 e. The lowest BCUT2D eigenvalue weighted by Gasteiger charge is -2.29. The number of nitrogens with two attached hydrogens (primary N) is 1. The smallest absolute Gasteiger partial charge is 0.237 e. The highest BCUT2D eigenvalue weighted by Crippen LogP contribution is 2.15. The topological polar surface area (TPSA) is 75.4 Å². The molecule has 1 aliphatic rings. The maximum atomic E-state index is 12.5. The molecule has 1 aromatic rings. The van der Waals surface area contributed by atoms with Crippen molar-refractivity contribution in [2.24, 2.45) is 11.7 Å². The van der Waals surface area contributed by atoms with Crippen LogP contribution in [0, 0.1) is 5.92 Å². The molecule has 2 amide bonds. The molecule has 0 bridgehead atoms. The Balaban J connectivity index is 2.05. The van der Waals surface area contributed by atoms with Crippen molar-refractivity contribution in [2.75, 3.05) is 19.6 Å². The Hall–Kier alpha value is -1.88. The third kappa shape index (κ3) is 4.06. The second kappa shape index (κ2) is 7.05. The van der Waals surface area contributed by atoms with Gasteiger partial charge < -0.3 is 16.0 Å². The number of piperidine rings is 1. The van der Waals surface area contributed by atoms with E-state index in [9.17, 15) is 9.59 Å². The van der Waals surface area contributed by atoms with Crippen LogP contribution in [0.5, 0.6) is 0 Å². The quantitative estimate of drug-likeness (QED) is 0.821. The molecule has 1 unspecified atom stereocenters. The lowest BCUT2D eigenvalue weighted by atomic mass is 9.98. The number of rotatable bonds is 5. The van der Waals surface area contributed by atoms with Gasteiger partial charge in [-0.3, -0.25) is 9.59 Å². The maximum absolute atomic E-state index is 12.5. The van der Waals surface area contributed by atoms with Gasteiger partial charge in [-0.2, -0.15) is 0 Å². The van der Waals surface area contributed by atoms with Gasteiger partial charge in [0.05, 0.1) is 12.5 Å². The summed E-state index contributed by atoms with van der Waals surface area (Å²) in [6, 6.07) is 9.66. The summed E-state index contributed by atoms with van der Waals surface area (Å²) in [5, 5.41) is 3.22. The molecule has 1 aromatic carbocycles.